The van der Waals surface area contributed by atoms with E-state index in [4.69, 9.17) is 23.2 Å². The Morgan fingerprint density at radius 3 is 2.71 bits per heavy atom. The molecule has 76 valence electrons. The molecule has 0 fully saturated rings. The summed E-state index contributed by atoms with van der Waals surface area (Å²) in [6.07, 6.45) is 0.643. The molecule has 1 atom stereocenters. The van der Waals surface area contributed by atoms with E-state index in [1.807, 2.05) is 0 Å². The summed E-state index contributed by atoms with van der Waals surface area (Å²) in [5.41, 5.74) is -0.789. The van der Waals surface area contributed by atoms with Crippen molar-refractivity contribution < 1.29 is 9.90 Å². The number of aliphatic hydroxyl groups is 1. The molecule has 0 radical (unpaired) electrons. The van der Waals surface area contributed by atoms with Gasteiger partial charge < -0.3 is 9.90 Å². The maximum absolute atomic E-state index is 10.4. The molecule has 2 nitrogen and oxygen atoms in total. The average molecular weight is 233 g/mol. The summed E-state index contributed by atoms with van der Waals surface area (Å²) in [6, 6.07) is 4.79. The largest absolute Gasteiger partial charge is 0.385 e. The summed E-state index contributed by atoms with van der Waals surface area (Å²) >= 11 is 11.6. The number of aldehydes is 1. The fraction of sp³-hybridized carbons (Fsp3) is 0.300. The first-order valence-corrected chi connectivity index (χ1v) is 4.84. The second-order valence-corrected chi connectivity index (χ2v) is 4.11. The van der Waals surface area contributed by atoms with E-state index >= 15 is 0 Å². The zero-order valence-corrected chi connectivity index (χ0v) is 9.14. The monoisotopic (exact) mass is 232 g/mol. The van der Waals surface area contributed by atoms with Crippen LogP contribution >= 0.6 is 23.2 Å². The minimum absolute atomic E-state index is 0.00688. The van der Waals surface area contributed by atoms with Gasteiger partial charge in [-0.15, -0.1) is 0 Å². The highest BCUT2D eigenvalue weighted by atomic mass is 35.5. The summed E-state index contributed by atoms with van der Waals surface area (Å²) in [6.45, 7) is 1.53. The van der Waals surface area contributed by atoms with Gasteiger partial charge in [0.05, 0.1) is 5.60 Å². The lowest BCUT2D eigenvalue weighted by molar-refractivity contribution is -0.112. The van der Waals surface area contributed by atoms with Gasteiger partial charge in [0.1, 0.15) is 6.29 Å². The predicted octanol–water partition coefficient (Wildman–Crippen LogP) is 2.79. The summed E-state index contributed by atoms with van der Waals surface area (Å²) in [4.78, 5) is 10.4. The molecule has 0 spiro atoms. The lowest BCUT2D eigenvalue weighted by atomic mass is 9.93. The van der Waals surface area contributed by atoms with Crippen LogP contribution in [0.4, 0.5) is 0 Å². The maximum Gasteiger partial charge on any atom is 0.123 e. The number of hydrogen-bond acceptors (Lipinski definition) is 2. The second-order valence-electron chi connectivity index (χ2n) is 3.27. The lowest BCUT2D eigenvalue weighted by Crippen LogP contribution is -2.22. The van der Waals surface area contributed by atoms with E-state index < -0.39 is 5.60 Å². The molecule has 0 saturated carbocycles. The van der Waals surface area contributed by atoms with Crippen molar-refractivity contribution in [1.82, 2.24) is 0 Å². The molecule has 0 aliphatic carbocycles. The number of carbonyl (C=O) groups is 1. The summed E-state index contributed by atoms with van der Waals surface area (Å²) in [7, 11) is 0. The molecular formula is C10H10Cl2O2. The van der Waals surface area contributed by atoms with Crippen LogP contribution in [0.15, 0.2) is 18.2 Å². The highest BCUT2D eigenvalue weighted by molar-refractivity contribution is 6.33. The van der Waals surface area contributed by atoms with Crippen LogP contribution in [0, 0.1) is 0 Å². The van der Waals surface area contributed by atoms with Crippen LogP contribution in [0.2, 0.25) is 10.0 Å². The first-order chi connectivity index (χ1) is 6.47. The Morgan fingerprint density at radius 1 is 1.50 bits per heavy atom. The van der Waals surface area contributed by atoms with Gasteiger partial charge in [-0.05, 0) is 25.1 Å². The molecule has 1 aromatic carbocycles. The zero-order valence-electron chi connectivity index (χ0n) is 7.63. The van der Waals surface area contributed by atoms with E-state index in [2.05, 4.69) is 0 Å². The van der Waals surface area contributed by atoms with Crippen LogP contribution in [-0.2, 0) is 10.4 Å². The molecule has 1 unspecified atom stereocenters. The van der Waals surface area contributed by atoms with Crippen LogP contribution in [0.25, 0.3) is 0 Å². The summed E-state index contributed by atoms with van der Waals surface area (Å²) in [5.74, 6) is 0. The van der Waals surface area contributed by atoms with Crippen LogP contribution in [0.1, 0.15) is 18.9 Å². The van der Waals surface area contributed by atoms with Gasteiger partial charge in [-0.1, -0.05) is 23.2 Å². The molecule has 0 bridgehead atoms. The van der Waals surface area contributed by atoms with Gasteiger partial charge in [-0.25, -0.2) is 0 Å². The fourth-order valence-electron chi connectivity index (χ4n) is 1.18. The number of benzene rings is 1. The molecule has 0 aliphatic heterocycles. The number of rotatable bonds is 3. The van der Waals surface area contributed by atoms with E-state index in [1.54, 1.807) is 18.2 Å². The number of carbonyl (C=O) groups excluding carboxylic acids is 1. The molecule has 0 aliphatic rings. The van der Waals surface area contributed by atoms with Gasteiger partial charge in [-0.2, -0.15) is 0 Å². The second kappa shape index (κ2) is 4.30. The van der Waals surface area contributed by atoms with Crippen molar-refractivity contribution in [1.29, 1.82) is 0 Å². The minimum Gasteiger partial charge on any atom is -0.385 e. The molecule has 1 aromatic rings. The molecule has 0 amide bonds. The molecule has 0 saturated heterocycles. The third-order valence-electron chi connectivity index (χ3n) is 1.99. The molecule has 4 heteroatoms. The Kier molecular flexibility index (Phi) is 3.53. The van der Waals surface area contributed by atoms with Crippen molar-refractivity contribution in [3.8, 4) is 0 Å². The third-order valence-corrected chi connectivity index (χ3v) is 2.55. The van der Waals surface area contributed by atoms with E-state index in [1.165, 1.54) is 6.92 Å². The minimum atomic E-state index is -1.26. The number of halogens is 2. The maximum atomic E-state index is 10.4. The van der Waals surface area contributed by atoms with Gasteiger partial charge in [-0.3, -0.25) is 0 Å². The Bertz CT molecular complexity index is 348. The van der Waals surface area contributed by atoms with Gasteiger partial charge >= 0.3 is 0 Å². The highest BCUT2D eigenvalue weighted by Crippen LogP contribution is 2.32. The molecule has 0 heterocycles. The quantitative estimate of drug-likeness (QED) is 0.815. The first-order valence-electron chi connectivity index (χ1n) is 4.09. The fourth-order valence-corrected chi connectivity index (χ4v) is 1.68. The third kappa shape index (κ3) is 2.47. The molecule has 14 heavy (non-hydrogen) atoms. The Labute approximate surface area is 92.5 Å². The van der Waals surface area contributed by atoms with Crippen molar-refractivity contribution in [3.63, 3.8) is 0 Å². The summed E-state index contributed by atoms with van der Waals surface area (Å²) in [5, 5.41) is 10.8. The zero-order chi connectivity index (χ0) is 10.8. The van der Waals surface area contributed by atoms with Crippen molar-refractivity contribution in [2.24, 2.45) is 0 Å². The Morgan fingerprint density at radius 2 is 2.14 bits per heavy atom. The molecule has 0 aromatic heterocycles. The van der Waals surface area contributed by atoms with Crippen LogP contribution in [-0.4, -0.2) is 11.4 Å². The van der Waals surface area contributed by atoms with Crippen molar-refractivity contribution in [2.75, 3.05) is 0 Å². The van der Waals surface area contributed by atoms with Gasteiger partial charge in [0, 0.05) is 22.0 Å². The van der Waals surface area contributed by atoms with Gasteiger partial charge in [0.2, 0.25) is 0 Å². The average Bonchev–Trinajstić information content (AvgIpc) is 2.09. The van der Waals surface area contributed by atoms with E-state index in [-0.39, 0.29) is 6.42 Å². The predicted molar refractivity (Wildman–Crippen MR) is 56.7 cm³/mol. The van der Waals surface area contributed by atoms with E-state index in [0.29, 0.717) is 21.9 Å². The normalized spacial score (nSPS) is 14.9. The van der Waals surface area contributed by atoms with Gasteiger partial charge in [0.25, 0.3) is 0 Å². The number of hydrogen-bond donors (Lipinski definition) is 1. The van der Waals surface area contributed by atoms with E-state index in [0.717, 1.165) is 0 Å². The Hall–Kier alpha value is -0.570. The molecule has 1 rings (SSSR count). The van der Waals surface area contributed by atoms with Crippen LogP contribution in [0.3, 0.4) is 0 Å². The van der Waals surface area contributed by atoms with Crippen LogP contribution < -0.4 is 0 Å². The van der Waals surface area contributed by atoms with Crippen LogP contribution in [0.5, 0.6) is 0 Å². The lowest BCUT2D eigenvalue weighted by Gasteiger charge is -2.22. The standard InChI is InChI=1S/C10H10Cl2O2/c1-10(14,4-5-13)8-6-7(11)2-3-9(8)12/h2-3,5-6,14H,4H2,1H3. The molecular weight excluding hydrogens is 223 g/mol. The summed E-state index contributed by atoms with van der Waals surface area (Å²) < 4.78 is 0. The first kappa shape index (κ1) is 11.5. The van der Waals surface area contributed by atoms with E-state index in [9.17, 15) is 9.90 Å². The topological polar surface area (TPSA) is 37.3 Å². The Balaban J connectivity index is 3.16. The van der Waals surface area contributed by atoms with Crippen molar-refractivity contribution in [3.05, 3.63) is 33.8 Å². The van der Waals surface area contributed by atoms with Crippen molar-refractivity contribution in [2.45, 2.75) is 18.9 Å². The van der Waals surface area contributed by atoms with Gasteiger partial charge in [0.15, 0.2) is 0 Å². The molecule has 1 N–H and O–H groups in total. The van der Waals surface area contributed by atoms with Crippen molar-refractivity contribution >= 4 is 29.5 Å². The SMILES string of the molecule is CC(O)(CC=O)c1cc(Cl)ccc1Cl. The highest BCUT2D eigenvalue weighted by Gasteiger charge is 2.25. The smallest absolute Gasteiger partial charge is 0.123 e.